The fourth-order valence-electron chi connectivity index (χ4n) is 2.41. The number of hydrogen-bond donors (Lipinski definition) is 2. The minimum absolute atomic E-state index is 0.466. The molecular weight excluding hydrogens is 214 g/mol. The molecule has 17 heavy (non-hydrogen) atoms. The average molecular weight is 231 g/mol. The number of fused-ring (bicyclic) bond motifs is 1. The lowest BCUT2D eigenvalue weighted by atomic mass is 9.91. The largest absolute Gasteiger partial charge is 0.387 e. The van der Waals surface area contributed by atoms with E-state index in [1.54, 1.807) is 0 Å². The van der Waals surface area contributed by atoms with Gasteiger partial charge in [0.25, 0.3) is 0 Å². The Labute approximate surface area is 100 Å². The maximum Gasteiger partial charge on any atom is 0.121 e. The molecule has 0 bridgehead atoms. The quantitative estimate of drug-likeness (QED) is 0.842. The van der Waals surface area contributed by atoms with E-state index in [1.165, 1.54) is 0 Å². The van der Waals surface area contributed by atoms with Gasteiger partial charge in [0.2, 0.25) is 0 Å². The lowest BCUT2D eigenvalue weighted by molar-refractivity contribution is -0.104. The van der Waals surface area contributed by atoms with E-state index >= 15 is 0 Å². The van der Waals surface area contributed by atoms with Gasteiger partial charge in [-0.25, -0.2) is 4.98 Å². The van der Waals surface area contributed by atoms with Crippen LogP contribution in [0.2, 0.25) is 0 Å². The second-order valence-electron chi connectivity index (χ2n) is 4.92. The van der Waals surface area contributed by atoms with E-state index in [4.69, 9.17) is 0 Å². The van der Waals surface area contributed by atoms with Crippen LogP contribution in [0, 0.1) is 0 Å². The first kappa shape index (κ1) is 10.7. The van der Waals surface area contributed by atoms with Gasteiger partial charge in [-0.1, -0.05) is 19.1 Å². The predicted octanol–water partition coefficient (Wildman–Crippen LogP) is 1.52. The van der Waals surface area contributed by atoms with Gasteiger partial charge in [-0.3, -0.25) is 4.90 Å². The van der Waals surface area contributed by atoms with E-state index in [1.807, 2.05) is 31.2 Å². The highest BCUT2D eigenvalue weighted by Crippen LogP contribution is 2.25. The molecular formula is C13H17N3O. The molecule has 0 unspecified atom stereocenters. The summed E-state index contributed by atoms with van der Waals surface area (Å²) in [7, 11) is 0. The Morgan fingerprint density at radius 3 is 2.88 bits per heavy atom. The number of aliphatic hydroxyl groups is 1. The van der Waals surface area contributed by atoms with Crippen LogP contribution in [0.4, 0.5) is 0 Å². The fourth-order valence-corrected chi connectivity index (χ4v) is 2.41. The Balaban J connectivity index is 1.70. The Morgan fingerprint density at radius 2 is 2.18 bits per heavy atom. The van der Waals surface area contributed by atoms with Gasteiger partial charge in [-0.05, 0) is 18.6 Å². The Bertz CT molecular complexity index is 495. The van der Waals surface area contributed by atoms with Crippen LogP contribution >= 0.6 is 0 Å². The lowest BCUT2D eigenvalue weighted by Crippen LogP contribution is -2.60. The van der Waals surface area contributed by atoms with Crippen LogP contribution in [0.5, 0.6) is 0 Å². The van der Waals surface area contributed by atoms with Crippen molar-refractivity contribution in [2.45, 2.75) is 25.5 Å². The standard InChI is InChI=1S/C13H17N3O/c1-2-13(17)8-16(9-13)7-12-14-10-5-3-4-6-11(10)15-12/h3-6,17H,2,7-9H2,1H3,(H,14,15). The number of H-pyrrole nitrogens is 1. The number of hydrogen-bond acceptors (Lipinski definition) is 3. The van der Waals surface area contributed by atoms with Gasteiger partial charge in [0, 0.05) is 13.1 Å². The molecule has 2 aromatic rings. The maximum atomic E-state index is 9.93. The van der Waals surface area contributed by atoms with Crippen molar-refractivity contribution in [1.29, 1.82) is 0 Å². The number of aromatic nitrogens is 2. The third kappa shape index (κ3) is 1.94. The van der Waals surface area contributed by atoms with Gasteiger partial charge < -0.3 is 10.1 Å². The number of rotatable bonds is 3. The Hall–Kier alpha value is -1.39. The van der Waals surface area contributed by atoms with E-state index in [-0.39, 0.29) is 0 Å². The number of para-hydroxylation sites is 2. The van der Waals surface area contributed by atoms with Crippen molar-refractivity contribution >= 4 is 11.0 Å². The van der Waals surface area contributed by atoms with Gasteiger partial charge in [0.15, 0.2) is 0 Å². The zero-order valence-corrected chi connectivity index (χ0v) is 9.98. The first-order valence-electron chi connectivity index (χ1n) is 6.07. The van der Waals surface area contributed by atoms with Crippen molar-refractivity contribution in [3.63, 3.8) is 0 Å². The van der Waals surface area contributed by atoms with Crippen molar-refractivity contribution in [2.75, 3.05) is 13.1 Å². The SMILES string of the molecule is CCC1(O)CN(Cc2nc3ccccc3[nH]2)C1. The lowest BCUT2D eigenvalue weighted by Gasteiger charge is -2.45. The van der Waals surface area contributed by atoms with E-state index in [2.05, 4.69) is 14.9 Å². The average Bonchev–Trinajstić information content (AvgIpc) is 2.69. The fraction of sp³-hybridized carbons (Fsp3) is 0.462. The summed E-state index contributed by atoms with van der Waals surface area (Å²) in [6.45, 7) is 4.32. The summed E-state index contributed by atoms with van der Waals surface area (Å²) in [6, 6.07) is 8.04. The summed E-state index contributed by atoms with van der Waals surface area (Å²) < 4.78 is 0. The summed E-state index contributed by atoms with van der Waals surface area (Å²) in [5.74, 6) is 0.976. The van der Waals surface area contributed by atoms with Crippen molar-refractivity contribution < 1.29 is 5.11 Å². The second-order valence-corrected chi connectivity index (χ2v) is 4.92. The first-order chi connectivity index (χ1) is 8.18. The predicted molar refractivity (Wildman–Crippen MR) is 66.6 cm³/mol. The molecule has 1 aliphatic rings. The number of β-amino-alcohol motifs (C(OH)–C–C–N with tert-alkyl or cyclic N) is 1. The van der Waals surface area contributed by atoms with Crippen LogP contribution in [0.1, 0.15) is 19.2 Å². The highest BCUT2D eigenvalue weighted by molar-refractivity contribution is 5.74. The normalized spacial score (nSPS) is 19.4. The van der Waals surface area contributed by atoms with Gasteiger partial charge in [0.1, 0.15) is 5.82 Å². The van der Waals surface area contributed by atoms with Gasteiger partial charge in [0.05, 0.1) is 23.2 Å². The summed E-state index contributed by atoms with van der Waals surface area (Å²) >= 11 is 0. The van der Waals surface area contributed by atoms with Crippen molar-refractivity contribution in [2.24, 2.45) is 0 Å². The zero-order valence-electron chi connectivity index (χ0n) is 9.98. The minimum atomic E-state index is -0.466. The summed E-state index contributed by atoms with van der Waals surface area (Å²) in [5.41, 5.74) is 1.62. The number of aromatic amines is 1. The van der Waals surface area contributed by atoms with Crippen molar-refractivity contribution in [3.05, 3.63) is 30.1 Å². The van der Waals surface area contributed by atoms with Crippen molar-refractivity contribution in [3.8, 4) is 0 Å². The molecule has 1 saturated heterocycles. The number of nitrogens with zero attached hydrogens (tertiary/aromatic N) is 2. The molecule has 4 heteroatoms. The van der Waals surface area contributed by atoms with E-state index in [0.29, 0.717) is 0 Å². The molecule has 1 fully saturated rings. The number of likely N-dealkylation sites (tertiary alicyclic amines) is 1. The highest BCUT2D eigenvalue weighted by atomic mass is 16.3. The molecule has 3 rings (SSSR count). The van der Waals surface area contributed by atoms with E-state index in [0.717, 1.165) is 42.9 Å². The number of nitrogens with one attached hydrogen (secondary N) is 1. The molecule has 2 heterocycles. The summed E-state index contributed by atoms with van der Waals surface area (Å²) in [4.78, 5) is 10.0. The maximum absolute atomic E-state index is 9.93. The van der Waals surface area contributed by atoms with Gasteiger partial charge in [-0.15, -0.1) is 0 Å². The van der Waals surface area contributed by atoms with Crippen LogP contribution in [-0.2, 0) is 6.54 Å². The van der Waals surface area contributed by atoms with E-state index < -0.39 is 5.60 Å². The van der Waals surface area contributed by atoms with Crippen LogP contribution in [-0.4, -0.2) is 38.7 Å². The molecule has 0 atom stereocenters. The topological polar surface area (TPSA) is 52.1 Å². The van der Waals surface area contributed by atoms with Crippen molar-refractivity contribution in [1.82, 2.24) is 14.9 Å². The summed E-state index contributed by atoms with van der Waals surface area (Å²) in [6.07, 6.45) is 0.823. The van der Waals surface area contributed by atoms with Gasteiger partial charge >= 0.3 is 0 Å². The van der Waals surface area contributed by atoms with Crippen LogP contribution in [0.3, 0.4) is 0 Å². The van der Waals surface area contributed by atoms with Gasteiger partial charge in [-0.2, -0.15) is 0 Å². The smallest absolute Gasteiger partial charge is 0.121 e. The molecule has 0 spiro atoms. The molecule has 0 amide bonds. The minimum Gasteiger partial charge on any atom is -0.387 e. The third-order valence-corrected chi connectivity index (χ3v) is 3.51. The highest BCUT2D eigenvalue weighted by Gasteiger charge is 2.39. The monoisotopic (exact) mass is 231 g/mol. The third-order valence-electron chi connectivity index (χ3n) is 3.51. The number of benzene rings is 1. The molecule has 1 aromatic heterocycles. The second kappa shape index (κ2) is 3.82. The molecule has 90 valence electrons. The summed E-state index contributed by atoms with van der Waals surface area (Å²) in [5, 5.41) is 9.93. The molecule has 2 N–H and O–H groups in total. The first-order valence-corrected chi connectivity index (χ1v) is 6.07. The molecule has 0 saturated carbocycles. The van der Waals surface area contributed by atoms with E-state index in [9.17, 15) is 5.11 Å². The van der Waals surface area contributed by atoms with Crippen LogP contribution in [0.25, 0.3) is 11.0 Å². The zero-order chi connectivity index (χ0) is 11.9. The molecule has 0 aliphatic carbocycles. The molecule has 4 nitrogen and oxygen atoms in total. The van der Waals surface area contributed by atoms with Crippen LogP contribution < -0.4 is 0 Å². The van der Waals surface area contributed by atoms with Crippen LogP contribution in [0.15, 0.2) is 24.3 Å². The number of imidazole rings is 1. The Kier molecular flexibility index (Phi) is 2.42. The molecule has 1 aliphatic heterocycles. The Morgan fingerprint density at radius 1 is 1.41 bits per heavy atom. The molecule has 1 aromatic carbocycles. The molecule has 0 radical (unpaired) electrons.